The van der Waals surface area contributed by atoms with E-state index in [1.54, 1.807) is 6.08 Å². The Balaban J connectivity index is 1.78. The van der Waals surface area contributed by atoms with Gasteiger partial charge in [0, 0.05) is 18.3 Å². The van der Waals surface area contributed by atoms with Crippen LogP contribution in [0.25, 0.3) is 0 Å². The topological polar surface area (TPSA) is 60.4 Å². The molecule has 0 heterocycles. The first kappa shape index (κ1) is 16.0. The van der Waals surface area contributed by atoms with E-state index in [1.165, 1.54) is 7.11 Å². The second-order valence-electron chi connectivity index (χ2n) is 8.43. The minimum absolute atomic E-state index is 0.139. The molecule has 0 aromatic rings. The number of fused-ring (bicyclic) bond motifs is 5. The molecule has 4 heteroatoms. The fraction of sp³-hybridized carbons (Fsp3) is 0.750. The van der Waals surface area contributed by atoms with Gasteiger partial charge in [0.2, 0.25) is 0 Å². The molecule has 4 nitrogen and oxygen atoms in total. The summed E-state index contributed by atoms with van der Waals surface area (Å²) in [5.74, 6) is 1.41. The van der Waals surface area contributed by atoms with Crippen LogP contribution in [0, 0.1) is 28.6 Å². The Kier molecular flexibility index (Phi) is 3.52. The third-order valence-electron chi connectivity index (χ3n) is 7.75. The lowest BCUT2D eigenvalue weighted by Gasteiger charge is -2.56. The average Bonchev–Trinajstić information content (AvgIpc) is 2.89. The Labute approximate surface area is 143 Å². The van der Waals surface area contributed by atoms with Gasteiger partial charge in [-0.25, -0.2) is 0 Å². The molecule has 3 saturated carbocycles. The van der Waals surface area contributed by atoms with Crippen LogP contribution in [0.5, 0.6) is 0 Å². The van der Waals surface area contributed by atoms with Gasteiger partial charge >= 0.3 is 5.97 Å². The maximum absolute atomic E-state index is 12.9. The predicted molar refractivity (Wildman–Crippen MR) is 88.1 cm³/mol. The van der Waals surface area contributed by atoms with Crippen molar-refractivity contribution in [3.05, 3.63) is 11.6 Å². The van der Waals surface area contributed by atoms with Gasteiger partial charge in [0.05, 0.1) is 12.5 Å². The lowest BCUT2D eigenvalue weighted by Crippen LogP contribution is -2.55. The summed E-state index contributed by atoms with van der Waals surface area (Å²) >= 11 is 0. The van der Waals surface area contributed by atoms with E-state index in [1.807, 2.05) is 0 Å². The van der Waals surface area contributed by atoms with E-state index in [9.17, 15) is 14.4 Å². The largest absolute Gasteiger partial charge is 0.468 e. The van der Waals surface area contributed by atoms with Crippen molar-refractivity contribution in [2.45, 2.75) is 58.3 Å². The number of hydrogen-bond donors (Lipinski definition) is 0. The van der Waals surface area contributed by atoms with Gasteiger partial charge in [-0.05, 0) is 67.9 Å². The maximum Gasteiger partial charge on any atom is 0.316 e. The third-order valence-corrected chi connectivity index (χ3v) is 7.75. The molecule has 3 fully saturated rings. The van der Waals surface area contributed by atoms with Crippen molar-refractivity contribution in [1.82, 2.24) is 0 Å². The lowest BCUT2D eigenvalue weighted by molar-refractivity contribution is -0.163. The highest BCUT2D eigenvalue weighted by atomic mass is 16.5. The van der Waals surface area contributed by atoms with E-state index < -0.39 is 5.41 Å². The normalized spacial score (nSPS) is 44.2. The second-order valence-corrected chi connectivity index (χ2v) is 8.43. The number of carbonyl (C=O) groups excluding carboxylic acids is 3. The van der Waals surface area contributed by atoms with Crippen LogP contribution in [0.3, 0.4) is 0 Å². The molecule has 0 saturated heterocycles. The molecular weight excluding hydrogens is 304 g/mol. The van der Waals surface area contributed by atoms with Crippen molar-refractivity contribution in [2.24, 2.45) is 28.6 Å². The average molecular weight is 330 g/mol. The number of hydrogen-bond acceptors (Lipinski definition) is 4. The number of Topliss-reactive ketones (excluding diaryl/α,β-unsaturated/α-hetero) is 1. The summed E-state index contributed by atoms with van der Waals surface area (Å²) in [5, 5.41) is 0. The summed E-state index contributed by atoms with van der Waals surface area (Å²) < 4.78 is 5.23. The van der Waals surface area contributed by atoms with E-state index in [2.05, 4.69) is 6.92 Å². The molecule has 4 aliphatic carbocycles. The molecule has 0 N–H and O–H groups in total. The Morgan fingerprint density at radius 2 is 1.88 bits per heavy atom. The van der Waals surface area contributed by atoms with Crippen molar-refractivity contribution >= 4 is 17.5 Å². The van der Waals surface area contributed by atoms with Gasteiger partial charge in [-0.3, -0.25) is 14.4 Å². The van der Waals surface area contributed by atoms with Crippen molar-refractivity contribution in [1.29, 1.82) is 0 Å². The summed E-state index contributed by atoms with van der Waals surface area (Å²) in [5.41, 5.74) is 0.197. The zero-order valence-electron chi connectivity index (χ0n) is 14.6. The van der Waals surface area contributed by atoms with E-state index in [4.69, 9.17) is 4.74 Å². The molecule has 0 aliphatic heterocycles. The zero-order valence-corrected chi connectivity index (χ0v) is 14.6. The van der Waals surface area contributed by atoms with Gasteiger partial charge in [-0.15, -0.1) is 0 Å². The van der Waals surface area contributed by atoms with Crippen molar-refractivity contribution < 1.29 is 19.1 Å². The summed E-state index contributed by atoms with van der Waals surface area (Å²) in [4.78, 5) is 37.3. The van der Waals surface area contributed by atoms with E-state index in [0.29, 0.717) is 36.9 Å². The maximum atomic E-state index is 12.9. The van der Waals surface area contributed by atoms with Crippen LogP contribution in [-0.4, -0.2) is 24.6 Å². The van der Waals surface area contributed by atoms with Crippen LogP contribution in [0.1, 0.15) is 58.3 Å². The number of ketones is 2. The molecular formula is C20H26O4. The molecule has 0 unspecified atom stereocenters. The van der Waals surface area contributed by atoms with Crippen LogP contribution < -0.4 is 0 Å². The number of rotatable bonds is 1. The molecule has 0 amide bonds. The van der Waals surface area contributed by atoms with Crippen molar-refractivity contribution in [3.8, 4) is 0 Å². The van der Waals surface area contributed by atoms with Crippen molar-refractivity contribution in [3.63, 3.8) is 0 Å². The number of ether oxygens (including phenoxy) is 1. The van der Waals surface area contributed by atoms with E-state index in [-0.39, 0.29) is 23.1 Å². The predicted octanol–water partition coefficient (Wildman–Crippen LogP) is 3.24. The van der Waals surface area contributed by atoms with Crippen LogP contribution in [0.2, 0.25) is 0 Å². The minimum Gasteiger partial charge on any atom is -0.468 e. The fourth-order valence-electron chi connectivity index (χ4n) is 6.56. The smallest absolute Gasteiger partial charge is 0.316 e. The molecule has 4 rings (SSSR count). The monoisotopic (exact) mass is 330 g/mol. The van der Waals surface area contributed by atoms with Gasteiger partial charge in [-0.1, -0.05) is 6.92 Å². The summed E-state index contributed by atoms with van der Waals surface area (Å²) in [6, 6.07) is 0. The SMILES string of the molecule is COC(=O)[C@]12CCC(=O)C=C1CC[C@@H]1[C@H]2CC[C@]2(C)C(=O)CC[C@H]12. The molecule has 5 atom stereocenters. The lowest BCUT2D eigenvalue weighted by atomic mass is 9.47. The highest BCUT2D eigenvalue weighted by molar-refractivity contribution is 5.95. The fourth-order valence-corrected chi connectivity index (χ4v) is 6.56. The molecule has 0 bridgehead atoms. The summed E-state index contributed by atoms with van der Waals surface area (Å²) in [7, 11) is 1.46. The first-order chi connectivity index (χ1) is 11.4. The van der Waals surface area contributed by atoms with Crippen LogP contribution in [0.15, 0.2) is 11.6 Å². The van der Waals surface area contributed by atoms with E-state index in [0.717, 1.165) is 37.7 Å². The Morgan fingerprint density at radius 1 is 1.08 bits per heavy atom. The van der Waals surface area contributed by atoms with Gasteiger partial charge in [-0.2, -0.15) is 0 Å². The van der Waals surface area contributed by atoms with Crippen LogP contribution >= 0.6 is 0 Å². The van der Waals surface area contributed by atoms with Gasteiger partial charge in [0.15, 0.2) is 5.78 Å². The molecule has 0 aromatic heterocycles. The quantitative estimate of drug-likeness (QED) is 0.693. The van der Waals surface area contributed by atoms with Crippen LogP contribution in [0.4, 0.5) is 0 Å². The standard InChI is InChI=1S/C20H26O4/c1-19-9-8-16-14(15(19)5-6-17(19)22)4-3-12-11-13(21)7-10-20(12,16)18(23)24-2/h11,14-16H,3-10H2,1-2H3/t14-,15+,16+,19-,20+/m0/s1. The van der Waals surface area contributed by atoms with Crippen LogP contribution in [-0.2, 0) is 19.1 Å². The Morgan fingerprint density at radius 3 is 2.62 bits per heavy atom. The molecule has 0 spiro atoms. The van der Waals surface area contributed by atoms with E-state index >= 15 is 0 Å². The number of esters is 1. The zero-order chi connectivity index (χ0) is 17.1. The molecule has 4 aliphatic rings. The first-order valence-corrected chi connectivity index (χ1v) is 9.29. The Hall–Kier alpha value is -1.45. The summed E-state index contributed by atoms with van der Waals surface area (Å²) in [6.07, 6.45) is 7.96. The van der Waals surface area contributed by atoms with Gasteiger partial charge in [0.1, 0.15) is 5.78 Å². The Bertz CT molecular complexity index is 648. The highest BCUT2D eigenvalue weighted by Crippen LogP contribution is 2.64. The van der Waals surface area contributed by atoms with Gasteiger partial charge < -0.3 is 4.74 Å². The van der Waals surface area contributed by atoms with Gasteiger partial charge in [0.25, 0.3) is 0 Å². The number of carbonyl (C=O) groups is 3. The highest BCUT2D eigenvalue weighted by Gasteiger charge is 2.62. The van der Waals surface area contributed by atoms with Crippen molar-refractivity contribution in [2.75, 3.05) is 7.11 Å². The summed E-state index contributed by atoms with van der Waals surface area (Å²) in [6.45, 7) is 2.14. The molecule has 130 valence electrons. The second kappa shape index (κ2) is 5.27. The molecule has 0 aromatic carbocycles. The molecule has 0 radical (unpaired) electrons. The third kappa shape index (κ3) is 1.89. The first-order valence-electron chi connectivity index (χ1n) is 9.29. The number of methoxy groups -OCH3 is 1. The minimum atomic E-state index is -0.613. The molecule has 24 heavy (non-hydrogen) atoms.